The predicted molar refractivity (Wildman–Crippen MR) is 79.6 cm³/mol. The van der Waals surface area contributed by atoms with Gasteiger partial charge in [-0.3, -0.25) is 0 Å². The molecule has 0 aromatic heterocycles. The molecule has 0 fully saturated rings. The van der Waals surface area contributed by atoms with Crippen molar-refractivity contribution in [3.63, 3.8) is 0 Å². The summed E-state index contributed by atoms with van der Waals surface area (Å²) in [5.74, 6) is -0.240. The van der Waals surface area contributed by atoms with Crippen LogP contribution in [-0.4, -0.2) is 28.2 Å². The molecule has 0 bridgehead atoms. The normalized spacial score (nSPS) is 12.1. The fraction of sp³-hybridized carbons (Fsp3) is 0.538. The van der Waals surface area contributed by atoms with E-state index in [2.05, 4.69) is 34.5 Å². The molecule has 114 valence electrons. The molecule has 1 N–H and O–H groups in total. The molecule has 0 saturated heterocycles. The molecule has 4 nitrogen and oxygen atoms in total. The van der Waals surface area contributed by atoms with Gasteiger partial charge in [0.05, 0.1) is 6.61 Å². The highest BCUT2D eigenvalue weighted by Crippen LogP contribution is 2.19. The van der Waals surface area contributed by atoms with E-state index >= 15 is 0 Å². The summed E-state index contributed by atoms with van der Waals surface area (Å²) in [5.41, 5.74) is 0. The predicted octanol–water partition coefficient (Wildman–Crippen LogP) is 2.93. The van der Waals surface area contributed by atoms with Crippen molar-refractivity contribution in [3.8, 4) is 0 Å². The van der Waals surface area contributed by atoms with Gasteiger partial charge in [0.15, 0.2) is 0 Å². The maximum atomic E-state index is 13.6. The van der Waals surface area contributed by atoms with Crippen molar-refractivity contribution >= 4 is 26.0 Å². The van der Waals surface area contributed by atoms with Crippen LogP contribution < -0.4 is 4.72 Å². The molecule has 0 aliphatic heterocycles. The van der Waals surface area contributed by atoms with Crippen LogP contribution in [0.3, 0.4) is 0 Å². The smallest absolute Gasteiger partial charge is 0.243 e. The second-order valence-electron chi connectivity index (χ2n) is 4.77. The second-order valence-corrected chi connectivity index (χ2v) is 7.42. The zero-order chi connectivity index (χ0) is 15.2. The van der Waals surface area contributed by atoms with Gasteiger partial charge in [-0.2, -0.15) is 0 Å². The van der Waals surface area contributed by atoms with Crippen LogP contribution in [0.4, 0.5) is 4.39 Å². The Labute approximate surface area is 127 Å². The van der Waals surface area contributed by atoms with Crippen LogP contribution in [0.25, 0.3) is 0 Å². The third-order valence-electron chi connectivity index (χ3n) is 2.56. The molecule has 7 heteroatoms. The fourth-order valence-corrected chi connectivity index (χ4v) is 2.84. The molecule has 0 amide bonds. The zero-order valence-corrected chi connectivity index (χ0v) is 13.9. The fourth-order valence-electron chi connectivity index (χ4n) is 1.44. The lowest BCUT2D eigenvalue weighted by Gasteiger charge is -2.09. The number of benzene rings is 1. The summed E-state index contributed by atoms with van der Waals surface area (Å²) in [4.78, 5) is -0.358. The van der Waals surface area contributed by atoms with Crippen molar-refractivity contribution in [2.24, 2.45) is 5.92 Å². The topological polar surface area (TPSA) is 55.4 Å². The van der Waals surface area contributed by atoms with E-state index in [1.54, 1.807) is 0 Å². The molecule has 0 aliphatic rings. The van der Waals surface area contributed by atoms with Gasteiger partial charge in [-0.1, -0.05) is 29.8 Å². The van der Waals surface area contributed by atoms with Crippen molar-refractivity contribution < 1.29 is 17.5 Å². The first-order chi connectivity index (χ1) is 9.33. The lowest BCUT2D eigenvalue weighted by atomic mass is 10.1. The maximum absolute atomic E-state index is 13.6. The summed E-state index contributed by atoms with van der Waals surface area (Å²) in [6.45, 7) is 5.15. The quantitative estimate of drug-likeness (QED) is 0.718. The summed E-state index contributed by atoms with van der Waals surface area (Å²) >= 11 is 3.08. The highest BCUT2D eigenvalue weighted by atomic mass is 79.9. The van der Waals surface area contributed by atoms with Crippen LogP contribution in [-0.2, 0) is 14.8 Å². The standard InChI is InChI=1S/C13H19BrFNO3S/c1-10(2)5-7-19-8-6-16-20(17,18)13-4-3-11(14)9-12(13)15/h3-4,9-10,16H,5-8H2,1-2H3. The first-order valence-electron chi connectivity index (χ1n) is 6.35. The lowest BCUT2D eigenvalue weighted by Crippen LogP contribution is -2.28. The largest absolute Gasteiger partial charge is 0.380 e. The number of halogens is 2. The highest BCUT2D eigenvalue weighted by molar-refractivity contribution is 9.10. The van der Waals surface area contributed by atoms with Gasteiger partial charge in [-0.05, 0) is 30.5 Å². The molecule has 20 heavy (non-hydrogen) atoms. The highest BCUT2D eigenvalue weighted by Gasteiger charge is 2.18. The summed E-state index contributed by atoms with van der Waals surface area (Å²) in [5, 5.41) is 0. The molecule has 0 atom stereocenters. The number of ether oxygens (including phenoxy) is 1. The minimum atomic E-state index is -3.84. The number of sulfonamides is 1. The van der Waals surface area contributed by atoms with Gasteiger partial charge in [0.2, 0.25) is 10.0 Å². The Hall–Kier alpha value is -0.500. The Balaban J connectivity index is 2.46. The molecular formula is C13H19BrFNO3S. The van der Waals surface area contributed by atoms with Crippen LogP contribution in [0.2, 0.25) is 0 Å². The van der Waals surface area contributed by atoms with E-state index in [1.165, 1.54) is 12.1 Å². The van der Waals surface area contributed by atoms with E-state index in [0.717, 1.165) is 12.5 Å². The Bertz CT molecular complexity index is 534. The van der Waals surface area contributed by atoms with Crippen LogP contribution in [0.15, 0.2) is 27.6 Å². The van der Waals surface area contributed by atoms with Crippen molar-refractivity contribution in [1.82, 2.24) is 4.72 Å². The average molecular weight is 368 g/mol. The average Bonchev–Trinajstić information content (AvgIpc) is 2.32. The minimum Gasteiger partial charge on any atom is -0.380 e. The number of nitrogens with one attached hydrogen (secondary N) is 1. The number of hydrogen-bond donors (Lipinski definition) is 1. The van der Waals surface area contributed by atoms with Crippen LogP contribution in [0, 0.1) is 11.7 Å². The van der Waals surface area contributed by atoms with E-state index in [-0.39, 0.29) is 18.0 Å². The van der Waals surface area contributed by atoms with Crippen molar-refractivity contribution in [3.05, 3.63) is 28.5 Å². The van der Waals surface area contributed by atoms with E-state index in [1.807, 2.05) is 0 Å². The summed E-state index contributed by atoms with van der Waals surface area (Å²) < 4.78 is 45.5. The lowest BCUT2D eigenvalue weighted by molar-refractivity contribution is 0.128. The zero-order valence-electron chi connectivity index (χ0n) is 11.5. The minimum absolute atomic E-state index is 0.121. The molecule has 0 heterocycles. The Morgan fingerprint density at radius 1 is 1.35 bits per heavy atom. The Morgan fingerprint density at radius 2 is 2.05 bits per heavy atom. The third-order valence-corrected chi connectivity index (χ3v) is 4.55. The van der Waals surface area contributed by atoms with E-state index in [9.17, 15) is 12.8 Å². The second kappa shape index (κ2) is 8.07. The molecule has 1 aromatic carbocycles. The molecular weight excluding hydrogens is 349 g/mol. The third kappa shape index (κ3) is 5.87. The van der Waals surface area contributed by atoms with Gasteiger partial charge in [0.25, 0.3) is 0 Å². The van der Waals surface area contributed by atoms with Crippen LogP contribution >= 0.6 is 15.9 Å². The van der Waals surface area contributed by atoms with Gasteiger partial charge >= 0.3 is 0 Å². The van der Waals surface area contributed by atoms with Gasteiger partial charge < -0.3 is 4.74 Å². The van der Waals surface area contributed by atoms with Gasteiger partial charge in [-0.15, -0.1) is 0 Å². The first kappa shape index (κ1) is 17.6. The molecule has 0 unspecified atom stereocenters. The Kier molecular flexibility index (Phi) is 7.08. The summed E-state index contributed by atoms with van der Waals surface area (Å²) in [7, 11) is -3.84. The molecule has 1 aromatic rings. The molecule has 0 radical (unpaired) electrons. The molecule has 1 rings (SSSR count). The Morgan fingerprint density at radius 3 is 2.65 bits per heavy atom. The van der Waals surface area contributed by atoms with Gasteiger partial charge in [-0.25, -0.2) is 17.5 Å². The van der Waals surface area contributed by atoms with E-state index in [4.69, 9.17) is 4.74 Å². The number of rotatable bonds is 8. The van der Waals surface area contributed by atoms with Gasteiger partial charge in [0, 0.05) is 17.6 Å². The van der Waals surface area contributed by atoms with Crippen LogP contribution in [0.5, 0.6) is 0 Å². The van der Waals surface area contributed by atoms with E-state index in [0.29, 0.717) is 17.0 Å². The summed E-state index contributed by atoms with van der Waals surface area (Å²) in [6.07, 6.45) is 0.925. The van der Waals surface area contributed by atoms with Crippen molar-refractivity contribution in [2.45, 2.75) is 25.2 Å². The molecule has 0 aliphatic carbocycles. The van der Waals surface area contributed by atoms with Gasteiger partial charge in [0.1, 0.15) is 10.7 Å². The number of hydrogen-bond acceptors (Lipinski definition) is 3. The van der Waals surface area contributed by atoms with Crippen molar-refractivity contribution in [2.75, 3.05) is 19.8 Å². The molecule has 0 saturated carbocycles. The monoisotopic (exact) mass is 367 g/mol. The molecule has 0 spiro atoms. The SMILES string of the molecule is CC(C)CCOCCNS(=O)(=O)c1ccc(Br)cc1F. The van der Waals surface area contributed by atoms with Crippen LogP contribution in [0.1, 0.15) is 20.3 Å². The first-order valence-corrected chi connectivity index (χ1v) is 8.63. The summed E-state index contributed by atoms with van der Waals surface area (Å²) in [6, 6.07) is 3.83. The maximum Gasteiger partial charge on any atom is 0.243 e. The van der Waals surface area contributed by atoms with E-state index < -0.39 is 15.8 Å². The van der Waals surface area contributed by atoms with Crippen molar-refractivity contribution in [1.29, 1.82) is 0 Å².